The van der Waals surface area contributed by atoms with Gasteiger partial charge in [0, 0.05) is 17.8 Å². The first-order valence-electron chi connectivity index (χ1n) is 4.10. The van der Waals surface area contributed by atoms with E-state index in [1.165, 1.54) is 6.07 Å². The van der Waals surface area contributed by atoms with Crippen LogP contribution in [0.3, 0.4) is 0 Å². The number of rotatable bonds is 2. The maximum atomic E-state index is 10.5. The number of nitrogens with two attached hydrogens (primary N) is 1. The highest BCUT2D eigenvalue weighted by Crippen LogP contribution is 2.15. The molecule has 2 N–H and O–H groups in total. The van der Waals surface area contributed by atoms with E-state index in [9.17, 15) is 10.1 Å². The first-order chi connectivity index (χ1) is 7.15. The molecule has 0 radical (unpaired) electrons. The van der Waals surface area contributed by atoms with Crippen LogP contribution in [0.15, 0.2) is 12.3 Å². The van der Waals surface area contributed by atoms with Crippen LogP contribution in [0.1, 0.15) is 12.0 Å². The van der Waals surface area contributed by atoms with Crippen LogP contribution in [0.25, 0.3) is 0 Å². The molecule has 0 bridgehead atoms. The second-order valence-corrected chi connectivity index (χ2v) is 3.42. The molecule has 15 heavy (non-hydrogen) atoms. The molecule has 1 heterocycles. The standard InChI is InChI=1S/C9H8BrN3O2/c10-4-2-1-3-7-5-8(13(14)15)6-12-9(7)11/h5-6H,2,4H2,(H2,11,12). The summed E-state index contributed by atoms with van der Waals surface area (Å²) >= 11 is 3.22. The molecule has 0 aliphatic rings. The minimum Gasteiger partial charge on any atom is -0.383 e. The van der Waals surface area contributed by atoms with Crippen molar-refractivity contribution in [3.05, 3.63) is 27.9 Å². The lowest BCUT2D eigenvalue weighted by molar-refractivity contribution is -0.385. The van der Waals surface area contributed by atoms with Gasteiger partial charge in [-0.25, -0.2) is 4.98 Å². The Kier molecular flexibility index (Phi) is 4.06. The van der Waals surface area contributed by atoms with E-state index in [0.717, 1.165) is 11.5 Å². The predicted octanol–water partition coefficient (Wildman–Crippen LogP) is 1.71. The average molecular weight is 270 g/mol. The van der Waals surface area contributed by atoms with Gasteiger partial charge in [0.1, 0.15) is 12.0 Å². The summed E-state index contributed by atoms with van der Waals surface area (Å²) in [4.78, 5) is 13.6. The van der Waals surface area contributed by atoms with Gasteiger partial charge in [0.05, 0.1) is 10.5 Å². The molecule has 0 saturated heterocycles. The van der Waals surface area contributed by atoms with E-state index in [1.807, 2.05) is 0 Å². The van der Waals surface area contributed by atoms with Crippen LogP contribution in [0.4, 0.5) is 11.5 Å². The Labute approximate surface area is 95.0 Å². The van der Waals surface area contributed by atoms with Gasteiger partial charge >= 0.3 is 0 Å². The molecule has 0 unspecified atom stereocenters. The summed E-state index contributed by atoms with van der Waals surface area (Å²) in [5.74, 6) is 5.77. The molecule has 0 aliphatic carbocycles. The summed E-state index contributed by atoms with van der Waals surface area (Å²) in [6.07, 6.45) is 1.77. The Morgan fingerprint density at radius 1 is 1.67 bits per heavy atom. The zero-order valence-electron chi connectivity index (χ0n) is 7.74. The first kappa shape index (κ1) is 11.5. The van der Waals surface area contributed by atoms with Crippen molar-refractivity contribution in [2.75, 3.05) is 11.1 Å². The van der Waals surface area contributed by atoms with E-state index >= 15 is 0 Å². The fourth-order valence-corrected chi connectivity index (χ4v) is 1.07. The fraction of sp³-hybridized carbons (Fsp3) is 0.222. The zero-order chi connectivity index (χ0) is 11.3. The number of nitro groups is 1. The highest BCUT2D eigenvalue weighted by atomic mass is 79.9. The van der Waals surface area contributed by atoms with Crippen molar-refractivity contribution in [2.45, 2.75) is 6.42 Å². The molecule has 0 aromatic carbocycles. The number of anilines is 1. The number of halogens is 1. The van der Waals surface area contributed by atoms with Crippen molar-refractivity contribution in [3.63, 3.8) is 0 Å². The summed E-state index contributed by atoms with van der Waals surface area (Å²) < 4.78 is 0. The molecule has 0 aliphatic heterocycles. The molecule has 78 valence electrons. The normalized spacial score (nSPS) is 9.13. The molecular weight excluding hydrogens is 262 g/mol. The van der Waals surface area contributed by atoms with E-state index < -0.39 is 4.92 Å². The van der Waals surface area contributed by atoms with Crippen LogP contribution in [-0.2, 0) is 0 Å². The third-order valence-corrected chi connectivity index (χ3v) is 1.95. The molecule has 0 saturated carbocycles. The van der Waals surface area contributed by atoms with E-state index in [2.05, 4.69) is 32.8 Å². The molecule has 1 aromatic rings. The SMILES string of the molecule is Nc1ncc([N+](=O)[O-])cc1C#CCCBr. The Morgan fingerprint density at radius 3 is 3.00 bits per heavy atom. The molecule has 1 aromatic heterocycles. The quantitative estimate of drug-likeness (QED) is 0.384. The van der Waals surface area contributed by atoms with Gasteiger partial charge in [-0.15, -0.1) is 0 Å². The zero-order valence-corrected chi connectivity index (χ0v) is 9.32. The van der Waals surface area contributed by atoms with Gasteiger partial charge in [-0.3, -0.25) is 10.1 Å². The molecule has 0 spiro atoms. The summed E-state index contributed by atoms with van der Waals surface area (Å²) in [5.41, 5.74) is 5.81. The van der Waals surface area contributed by atoms with Crippen LogP contribution < -0.4 is 5.73 Å². The van der Waals surface area contributed by atoms with Crippen LogP contribution in [0.2, 0.25) is 0 Å². The smallest absolute Gasteiger partial charge is 0.288 e. The lowest BCUT2D eigenvalue weighted by Crippen LogP contribution is -1.97. The minimum atomic E-state index is -0.526. The molecular formula is C9H8BrN3O2. The summed E-state index contributed by atoms with van der Waals surface area (Å²) in [6.45, 7) is 0. The highest BCUT2D eigenvalue weighted by Gasteiger charge is 2.08. The lowest BCUT2D eigenvalue weighted by atomic mass is 10.2. The van der Waals surface area contributed by atoms with E-state index in [1.54, 1.807) is 0 Å². The Balaban J connectivity index is 3.02. The van der Waals surface area contributed by atoms with Crippen LogP contribution in [0, 0.1) is 22.0 Å². The van der Waals surface area contributed by atoms with Crippen molar-refractivity contribution in [3.8, 4) is 11.8 Å². The van der Waals surface area contributed by atoms with Crippen LogP contribution >= 0.6 is 15.9 Å². The van der Waals surface area contributed by atoms with Gasteiger partial charge in [0.25, 0.3) is 5.69 Å². The minimum absolute atomic E-state index is 0.104. The average Bonchev–Trinajstić information content (AvgIpc) is 2.20. The molecule has 1 rings (SSSR count). The van der Waals surface area contributed by atoms with Gasteiger partial charge in [-0.2, -0.15) is 0 Å². The summed E-state index contributed by atoms with van der Waals surface area (Å²) in [5, 5.41) is 11.2. The van der Waals surface area contributed by atoms with E-state index in [-0.39, 0.29) is 11.5 Å². The summed E-state index contributed by atoms with van der Waals surface area (Å²) in [7, 11) is 0. The monoisotopic (exact) mass is 269 g/mol. The molecule has 0 fully saturated rings. The van der Waals surface area contributed by atoms with Gasteiger partial charge < -0.3 is 5.73 Å². The number of nitrogens with zero attached hydrogens (tertiary/aromatic N) is 2. The Morgan fingerprint density at radius 2 is 2.40 bits per heavy atom. The molecule has 6 heteroatoms. The fourth-order valence-electron chi connectivity index (χ4n) is 0.869. The predicted molar refractivity (Wildman–Crippen MR) is 60.6 cm³/mol. The lowest BCUT2D eigenvalue weighted by Gasteiger charge is -1.96. The summed E-state index contributed by atoms with van der Waals surface area (Å²) in [6, 6.07) is 1.32. The number of nitrogen functional groups attached to an aromatic ring is 1. The molecule has 5 nitrogen and oxygen atoms in total. The molecule has 0 atom stereocenters. The Bertz CT molecular complexity index is 437. The maximum absolute atomic E-state index is 10.5. The number of pyridine rings is 1. The number of aromatic nitrogens is 1. The van der Waals surface area contributed by atoms with Crippen molar-refractivity contribution in [1.82, 2.24) is 4.98 Å². The number of hydrogen-bond acceptors (Lipinski definition) is 4. The maximum Gasteiger partial charge on any atom is 0.288 e. The second kappa shape index (κ2) is 5.32. The third kappa shape index (κ3) is 3.22. The van der Waals surface area contributed by atoms with Crippen molar-refractivity contribution < 1.29 is 4.92 Å². The van der Waals surface area contributed by atoms with Crippen LogP contribution in [-0.4, -0.2) is 15.2 Å². The number of hydrogen-bond donors (Lipinski definition) is 1. The first-order valence-corrected chi connectivity index (χ1v) is 5.22. The number of alkyl halides is 1. The van der Waals surface area contributed by atoms with E-state index in [0.29, 0.717) is 12.0 Å². The van der Waals surface area contributed by atoms with Crippen molar-refractivity contribution in [1.29, 1.82) is 0 Å². The van der Waals surface area contributed by atoms with Gasteiger partial charge in [-0.05, 0) is 0 Å². The molecule has 0 amide bonds. The van der Waals surface area contributed by atoms with Gasteiger partial charge in [0.2, 0.25) is 0 Å². The topological polar surface area (TPSA) is 82.0 Å². The third-order valence-electron chi connectivity index (χ3n) is 1.56. The van der Waals surface area contributed by atoms with Crippen molar-refractivity contribution in [2.24, 2.45) is 0 Å². The van der Waals surface area contributed by atoms with Crippen molar-refractivity contribution >= 4 is 27.4 Å². The second-order valence-electron chi connectivity index (χ2n) is 2.62. The van der Waals surface area contributed by atoms with Crippen LogP contribution in [0.5, 0.6) is 0 Å². The highest BCUT2D eigenvalue weighted by molar-refractivity contribution is 9.09. The Hall–Kier alpha value is -1.61. The van der Waals surface area contributed by atoms with Gasteiger partial charge in [-0.1, -0.05) is 27.8 Å². The van der Waals surface area contributed by atoms with E-state index in [4.69, 9.17) is 5.73 Å². The van der Waals surface area contributed by atoms with Gasteiger partial charge in [0.15, 0.2) is 0 Å². The largest absolute Gasteiger partial charge is 0.383 e.